The van der Waals surface area contributed by atoms with Crippen LogP contribution < -0.4 is 10.3 Å². The Hall–Kier alpha value is -2.22. The zero-order chi connectivity index (χ0) is 19.1. The van der Waals surface area contributed by atoms with Crippen LogP contribution in [0.25, 0.3) is 5.69 Å². The summed E-state index contributed by atoms with van der Waals surface area (Å²) >= 11 is 5.88. The third-order valence-electron chi connectivity index (χ3n) is 4.31. The summed E-state index contributed by atoms with van der Waals surface area (Å²) in [6.07, 6.45) is -1.99. The van der Waals surface area contributed by atoms with Crippen LogP contribution >= 0.6 is 11.6 Å². The molecular formula is C17H14ClF5N3+. The van der Waals surface area contributed by atoms with E-state index in [9.17, 15) is 22.0 Å². The Bertz CT molecular complexity index is 871. The number of pyridine rings is 1. The monoisotopic (exact) mass is 390 g/mol. The Morgan fingerprint density at radius 3 is 2.62 bits per heavy atom. The zero-order valence-electron chi connectivity index (χ0n) is 13.3. The summed E-state index contributed by atoms with van der Waals surface area (Å²) in [5, 5.41) is 0.326. The van der Waals surface area contributed by atoms with Crippen LogP contribution in [0.15, 0.2) is 47.7 Å². The van der Waals surface area contributed by atoms with E-state index in [-0.39, 0.29) is 17.9 Å². The molecule has 1 aliphatic rings. The van der Waals surface area contributed by atoms with Crippen molar-refractivity contribution in [3.8, 4) is 5.69 Å². The summed E-state index contributed by atoms with van der Waals surface area (Å²) in [5.41, 5.74) is 1.35. The van der Waals surface area contributed by atoms with Crippen molar-refractivity contribution in [3.05, 3.63) is 59.1 Å². The summed E-state index contributed by atoms with van der Waals surface area (Å²) in [4.78, 5) is 3.37. The van der Waals surface area contributed by atoms with E-state index in [1.54, 1.807) is 12.1 Å². The van der Waals surface area contributed by atoms with Gasteiger partial charge in [0.1, 0.15) is 10.8 Å². The van der Waals surface area contributed by atoms with Crippen molar-refractivity contribution in [1.82, 2.24) is 0 Å². The van der Waals surface area contributed by atoms with Crippen LogP contribution in [-0.4, -0.2) is 18.2 Å². The molecule has 1 aliphatic heterocycles. The molecule has 0 saturated carbocycles. The molecule has 3 rings (SSSR count). The largest absolute Gasteiger partial charge is 0.387 e. The Labute approximate surface area is 150 Å². The van der Waals surface area contributed by atoms with Gasteiger partial charge in [-0.05, 0) is 12.1 Å². The summed E-state index contributed by atoms with van der Waals surface area (Å²) in [6, 6.07) is 6.18. The minimum Gasteiger partial charge on any atom is -0.387 e. The lowest BCUT2D eigenvalue weighted by Gasteiger charge is -2.40. The van der Waals surface area contributed by atoms with Crippen LogP contribution in [-0.2, 0) is 5.54 Å². The van der Waals surface area contributed by atoms with Gasteiger partial charge < -0.3 is 5.73 Å². The van der Waals surface area contributed by atoms with Gasteiger partial charge in [-0.1, -0.05) is 11.6 Å². The first-order valence-corrected chi connectivity index (χ1v) is 8.02. The van der Waals surface area contributed by atoms with E-state index in [1.165, 1.54) is 23.0 Å². The molecule has 0 bridgehead atoms. The number of hydrogen-bond donors (Lipinski definition) is 1. The molecule has 0 unspecified atom stereocenters. The van der Waals surface area contributed by atoms with Crippen LogP contribution in [0.3, 0.4) is 0 Å². The molecule has 0 aliphatic carbocycles. The van der Waals surface area contributed by atoms with Gasteiger partial charge >= 0.3 is 0 Å². The Kier molecular flexibility index (Phi) is 4.64. The van der Waals surface area contributed by atoms with Crippen molar-refractivity contribution in [1.29, 1.82) is 0 Å². The number of amidine groups is 1. The van der Waals surface area contributed by atoms with E-state index in [1.807, 2.05) is 0 Å². The molecule has 1 aromatic carbocycles. The average molecular weight is 391 g/mol. The summed E-state index contributed by atoms with van der Waals surface area (Å²) in [5.74, 6) is -5.55. The fraction of sp³-hybridized carbons (Fsp3) is 0.294. The number of aliphatic imine (C=N–C) groups is 1. The van der Waals surface area contributed by atoms with Gasteiger partial charge in [-0.25, -0.2) is 26.9 Å². The highest BCUT2D eigenvalue weighted by Gasteiger charge is 2.64. The zero-order valence-corrected chi connectivity index (χ0v) is 14.0. The van der Waals surface area contributed by atoms with Crippen molar-refractivity contribution in [3.63, 3.8) is 0 Å². The molecule has 0 fully saturated rings. The fourth-order valence-corrected chi connectivity index (χ4v) is 3.17. The third kappa shape index (κ3) is 2.92. The number of aromatic nitrogens is 1. The maximum Gasteiger partial charge on any atom is 0.283 e. The maximum atomic E-state index is 14.6. The second-order valence-corrected chi connectivity index (χ2v) is 6.40. The molecule has 1 aromatic heterocycles. The van der Waals surface area contributed by atoms with E-state index in [4.69, 9.17) is 17.3 Å². The van der Waals surface area contributed by atoms with Crippen LogP contribution in [0.5, 0.6) is 0 Å². The number of nitrogens with zero attached hydrogens (tertiary/aromatic N) is 2. The maximum absolute atomic E-state index is 14.6. The van der Waals surface area contributed by atoms with Gasteiger partial charge in [-0.15, -0.1) is 0 Å². The fourth-order valence-electron chi connectivity index (χ4n) is 3.00. The van der Waals surface area contributed by atoms with Gasteiger partial charge in [0.25, 0.3) is 12.3 Å². The van der Waals surface area contributed by atoms with Crippen molar-refractivity contribution < 1.29 is 26.5 Å². The molecular weight excluding hydrogens is 377 g/mol. The first-order chi connectivity index (χ1) is 12.2. The van der Waals surface area contributed by atoms with Crippen molar-refractivity contribution in [2.45, 2.75) is 30.7 Å². The Morgan fingerprint density at radius 1 is 1.23 bits per heavy atom. The molecule has 0 saturated heterocycles. The van der Waals surface area contributed by atoms with Crippen LogP contribution in [0.1, 0.15) is 18.4 Å². The second kappa shape index (κ2) is 6.50. The molecule has 2 aromatic rings. The smallest absolute Gasteiger partial charge is 0.283 e. The van der Waals surface area contributed by atoms with E-state index in [0.717, 1.165) is 12.1 Å². The first kappa shape index (κ1) is 18.6. The number of halogens is 6. The van der Waals surface area contributed by atoms with Crippen LogP contribution in [0.4, 0.5) is 22.0 Å². The van der Waals surface area contributed by atoms with Crippen molar-refractivity contribution in [2.75, 3.05) is 0 Å². The standard InChI is InChI=1S/C17H14ClF5N3/c18-10-2-1-7-26(9-10)11-3-4-13(19)12(8-11)17(15(20)21)16(22,23)6-5-14(24)25-17/h1-4,7-9,15H,5-6H2,(H2,24,25)/q+1/t17-/m0/s1. The predicted molar refractivity (Wildman–Crippen MR) is 86.4 cm³/mol. The molecule has 0 radical (unpaired) electrons. The summed E-state index contributed by atoms with van der Waals surface area (Å²) < 4.78 is 72.7. The van der Waals surface area contributed by atoms with Gasteiger partial charge in [0, 0.05) is 36.6 Å². The quantitative estimate of drug-likeness (QED) is 0.624. The Balaban J connectivity index is 2.26. The van der Waals surface area contributed by atoms with Crippen LogP contribution in [0.2, 0.25) is 5.02 Å². The lowest BCUT2D eigenvalue weighted by molar-refractivity contribution is -0.595. The van der Waals surface area contributed by atoms with Gasteiger partial charge in [0.2, 0.25) is 11.2 Å². The van der Waals surface area contributed by atoms with E-state index >= 15 is 0 Å². The first-order valence-electron chi connectivity index (χ1n) is 7.65. The number of nitrogens with two attached hydrogens (primary N) is 1. The summed E-state index contributed by atoms with van der Waals surface area (Å²) in [6.45, 7) is 0. The number of benzene rings is 1. The third-order valence-corrected chi connectivity index (χ3v) is 4.54. The van der Waals surface area contributed by atoms with Gasteiger partial charge in [0.05, 0.1) is 5.84 Å². The van der Waals surface area contributed by atoms with Crippen LogP contribution in [0, 0.1) is 5.82 Å². The highest BCUT2D eigenvalue weighted by atomic mass is 35.5. The Morgan fingerprint density at radius 2 is 1.96 bits per heavy atom. The molecule has 3 nitrogen and oxygen atoms in total. The minimum atomic E-state index is -3.97. The molecule has 0 spiro atoms. The minimum absolute atomic E-state index is 0.180. The molecule has 2 heterocycles. The number of alkyl halides is 4. The van der Waals surface area contributed by atoms with Gasteiger partial charge in [0.15, 0.2) is 12.4 Å². The molecule has 138 valence electrons. The summed E-state index contributed by atoms with van der Waals surface area (Å²) in [7, 11) is 0. The SMILES string of the molecule is NC1=N[C@@](c2cc(-[n+]3cccc(Cl)c3)ccc2F)(C(F)F)C(F)(F)CC1. The number of hydrogen-bond acceptors (Lipinski definition) is 2. The molecule has 9 heteroatoms. The molecule has 2 N–H and O–H groups in total. The van der Waals surface area contributed by atoms with E-state index < -0.39 is 35.7 Å². The van der Waals surface area contributed by atoms with Gasteiger partial charge in [-0.3, -0.25) is 0 Å². The predicted octanol–water partition coefficient (Wildman–Crippen LogP) is 4.00. The highest BCUT2D eigenvalue weighted by Crippen LogP contribution is 2.51. The lowest BCUT2D eigenvalue weighted by atomic mass is 9.79. The molecule has 26 heavy (non-hydrogen) atoms. The normalized spacial score (nSPS) is 22.3. The van der Waals surface area contributed by atoms with E-state index in [2.05, 4.69) is 4.99 Å². The van der Waals surface area contributed by atoms with Crippen molar-refractivity contribution in [2.24, 2.45) is 10.7 Å². The topological polar surface area (TPSA) is 42.3 Å². The van der Waals surface area contributed by atoms with Crippen molar-refractivity contribution >= 4 is 17.4 Å². The highest BCUT2D eigenvalue weighted by molar-refractivity contribution is 6.30. The van der Waals surface area contributed by atoms with Gasteiger partial charge in [-0.2, -0.15) is 4.57 Å². The second-order valence-electron chi connectivity index (χ2n) is 5.97. The molecule has 1 atom stereocenters. The lowest BCUT2D eigenvalue weighted by Crippen LogP contribution is -2.54. The average Bonchev–Trinajstić information content (AvgIpc) is 2.57. The van der Waals surface area contributed by atoms with E-state index in [0.29, 0.717) is 5.02 Å². The molecule has 0 amide bonds. The number of rotatable bonds is 3.